The molecule has 1 saturated heterocycles. The third kappa shape index (κ3) is 5.28. The van der Waals surface area contributed by atoms with Gasteiger partial charge in [0, 0.05) is 26.4 Å². The highest BCUT2D eigenvalue weighted by molar-refractivity contribution is 9.10. The number of rotatable bonds is 6. The van der Waals surface area contributed by atoms with Crippen LogP contribution in [0.15, 0.2) is 71.2 Å². The number of carbonyl (C=O) groups is 2. The Hall–Kier alpha value is -2.48. The van der Waals surface area contributed by atoms with Gasteiger partial charge in [0.15, 0.2) is 6.61 Å². The number of nitrogens with zero attached hydrogens (tertiary/aromatic N) is 1. The van der Waals surface area contributed by atoms with Gasteiger partial charge in [-0.2, -0.15) is 0 Å². The van der Waals surface area contributed by atoms with Crippen LogP contribution in [0, 0.1) is 6.92 Å². The Labute approximate surface area is 204 Å². The summed E-state index contributed by atoms with van der Waals surface area (Å²) in [6.07, 6.45) is 0. The molecule has 3 aromatic carbocycles. The second kappa shape index (κ2) is 9.98. The van der Waals surface area contributed by atoms with Crippen LogP contribution >= 0.6 is 39.3 Å². The molecule has 0 bridgehead atoms. The van der Waals surface area contributed by atoms with Crippen molar-refractivity contribution < 1.29 is 14.3 Å². The van der Waals surface area contributed by atoms with E-state index in [0.29, 0.717) is 16.5 Å². The van der Waals surface area contributed by atoms with Crippen LogP contribution in [0.2, 0.25) is 5.02 Å². The molecule has 32 heavy (non-hydrogen) atoms. The zero-order valence-electron chi connectivity index (χ0n) is 17.2. The molecule has 0 saturated carbocycles. The van der Waals surface area contributed by atoms with E-state index in [1.807, 2.05) is 61.5 Å². The van der Waals surface area contributed by atoms with Crippen molar-refractivity contribution in [1.29, 1.82) is 0 Å². The quantitative estimate of drug-likeness (QED) is 0.411. The van der Waals surface area contributed by atoms with E-state index in [2.05, 4.69) is 21.2 Å². The summed E-state index contributed by atoms with van der Waals surface area (Å²) in [4.78, 5) is 26.9. The average molecular weight is 532 g/mol. The fourth-order valence-corrected chi connectivity index (χ4v) is 5.14. The van der Waals surface area contributed by atoms with E-state index in [4.69, 9.17) is 16.3 Å². The molecule has 0 aromatic heterocycles. The molecule has 2 amide bonds. The Balaban J connectivity index is 1.54. The Morgan fingerprint density at radius 3 is 2.72 bits per heavy atom. The lowest BCUT2D eigenvalue weighted by atomic mass is 10.1. The molecule has 4 rings (SSSR count). The van der Waals surface area contributed by atoms with Gasteiger partial charge in [-0.05, 0) is 67.1 Å². The van der Waals surface area contributed by atoms with Gasteiger partial charge in [0.25, 0.3) is 5.91 Å². The van der Waals surface area contributed by atoms with E-state index in [9.17, 15) is 9.59 Å². The number of carbonyl (C=O) groups excluding carboxylic acids is 2. The first-order chi connectivity index (χ1) is 15.4. The third-order valence-electron chi connectivity index (χ3n) is 4.87. The molecule has 164 valence electrons. The third-order valence-corrected chi connectivity index (χ3v) is 6.81. The minimum absolute atomic E-state index is 0.00504. The fraction of sp³-hybridized carbons (Fsp3) is 0.167. The average Bonchev–Trinajstić information content (AvgIpc) is 3.14. The molecule has 0 radical (unpaired) electrons. The van der Waals surface area contributed by atoms with E-state index in [1.54, 1.807) is 17.0 Å². The van der Waals surface area contributed by atoms with Crippen molar-refractivity contribution in [3.05, 3.63) is 87.4 Å². The minimum atomic E-state index is -0.281. The number of hydrogen-bond donors (Lipinski definition) is 1. The summed E-state index contributed by atoms with van der Waals surface area (Å²) in [6.45, 7) is 1.82. The van der Waals surface area contributed by atoms with Crippen molar-refractivity contribution in [3.63, 3.8) is 0 Å². The zero-order chi connectivity index (χ0) is 22.7. The predicted octanol–water partition coefficient (Wildman–Crippen LogP) is 6.21. The predicted molar refractivity (Wildman–Crippen MR) is 134 cm³/mol. The number of amides is 2. The first kappa shape index (κ1) is 22.7. The van der Waals surface area contributed by atoms with E-state index in [1.165, 1.54) is 11.8 Å². The van der Waals surface area contributed by atoms with Crippen molar-refractivity contribution in [2.45, 2.75) is 12.3 Å². The Morgan fingerprint density at radius 2 is 1.97 bits per heavy atom. The van der Waals surface area contributed by atoms with Gasteiger partial charge >= 0.3 is 0 Å². The Bertz CT molecular complexity index is 1160. The van der Waals surface area contributed by atoms with Crippen molar-refractivity contribution in [2.75, 3.05) is 22.6 Å². The van der Waals surface area contributed by atoms with Crippen molar-refractivity contribution in [3.8, 4) is 5.75 Å². The van der Waals surface area contributed by atoms with Gasteiger partial charge in [-0.25, -0.2) is 0 Å². The number of benzene rings is 3. The van der Waals surface area contributed by atoms with Gasteiger partial charge in [-0.15, -0.1) is 11.8 Å². The SMILES string of the molecule is Cc1cccc(NC(=O)COc2ccc(Br)cc2[C@@H]2SCC(=O)N2c2ccc(Cl)cc2)c1. The molecule has 5 nitrogen and oxygen atoms in total. The van der Waals surface area contributed by atoms with Crippen LogP contribution in [-0.2, 0) is 9.59 Å². The monoisotopic (exact) mass is 530 g/mol. The van der Waals surface area contributed by atoms with E-state index < -0.39 is 0 Å². The molecule has 1 fully saturated rings. The minimum Gasteiger partial charge on any atom is -0.483 e. The smallest absolute Gasteiger partial charge is 0.262 e. The highest BCUT2D eigenvalue weighted by atomic mass is 79.9. The normalized spacial score (nSPS) is 15.7. The van der Waals surface area contributed by atoms with Crippen molar-refractivity contribution in [2.24, 2.45) is 0 Å². The maximum atomic E-state index is 12.7. The van der Waals surface area contributed by atoms with E-state index in [-0.39, 0.29) is 23.8 Å². The van der Waals surface area contributed by atoms with Gasteiger partial charge in [0.05, 0.1) is 5.75 Å². The topological polar surface area (TPSA) is 58.6 Å². The van der Waals surface area contributed by atoms with Crippen LogP contribution in [-0.4, -0.2) is 24.2 Å². The molecule has 3 aromatic rings. The molecule has 0 aliphatic carbocycles. The van der Waals surface area contributed by atoms with E-state index >= 15 is 0 Å². The molecule has 0 unspecified atom stereocenters. The number of nitrogens with one attached hydrogen (secondary N) is 1. The first-order valence-electron chi connectivity index (χ1n) is 9.89. The van der Waals surface area contributed by atoms with Crippen LogP contribution in [0.1, 0.15) is 16.5 Å². The van der Waals surface area contributed by atoms with Gasteiger partial charge in [-0.3, -0.25) is 14.5 Å². The number of aryl methyl sites for hydroxylation is 1. The maximum absolute atomic E-state index is 12.7. The summed E-state index contributed by atoms with van der Waals surface area (Å²) in [5.74, 6) is 0.658. The lowest BCUT2D eigenvalue weighted by molar-refractivity contribution is -0.118. The molecule has 8 heteroatoms. The highest BCUT2D eigenvalue weighted by Crippen LogP contribution is 2.45. The lowest BCUT2D eigenvalue weighted by Gasteiger charge is -2.26. The van der Waals surface area contributed by atoms with Crippen LogP contribution < -0.4 is 15.0 Å². The molecule has 0 spiro atoms. The second-order valence-electron chi connectivity index (χ2n) is 7.29. The lowest BCUT2D eigenvalue weighted by Crippen LogP contribution is -2.28. The molecule has 1 atom stereocenters. The van der Waals surface area contributed by atoms with Crippen LogP contribution in [0.3, 0.4) is 0 Å². The molecule has 1 N–H and O–H groups in total. The summed E-state index contributed by atoms with van der Waals surface area (Å²) >= 11 is 11.0. The maximum Gasteiger partial charge on any atom is 0.262 e. The molecule has 1 aliphatic rings. The highest BCUT2D eigenvalue weighted by Gasteiger charge is 2.36. The largest absolute Gasteiger partial charge is 0.483 e. The zero-order valence-corrected chi connectivity index (χ0v) is 20.3. The molecule has 1 aliphatic heterocycles. The molecule has 1 heterocycles. The summed E-state index contributed by atoms with van der Waals surface area (Å²) in [7, 11) is 0. The van der Waals surface area contributed by atoms with Crippen LogP contribution in [0.25, 0.3) is 0 Å². The number of hydrogen-bond acceptors (Lipinski definition) is 4. The number of ether oxygens (including phenoxy) is 1. The van der Waals surface area contributed by atoms with E-state index in [0.717, 1.165) is 27.0 Å². The first-order valence-corrected chi connectivity index (χ1v) is 12.1. The number of thioether (sulfide) groups is 1. The molecular formula is C24H20BrClN2O3S. The second-order valence-corrected chi connectivity index (χ2v) is 9.71. The van der Waals surface area contributed by atoms with Gasteiger partial charge in [0.1, 0.15) is 11.1 Å². The summed E-state index contributed by atoms with van der Waals surface area (Å²) in [5.41, 5.74) is 3.36. The Kier molecular flexibility index (Phi) is 7.08. The molecular weight excluding hydrogens is 512 g/mol. The van der Waals surface area contributed by atoms with Crippen LogP contribution in [0.4, 0.5) is 11.4 Å². The van der Waals surface area contributed by atoms with Crippen molar-refractivity contribution in [1.82, 2.24) is 0 Å². The number of halogens is 2. The fourth-order valence-electron chi connectivity index (χ4n) is 3.44. The van der Waals surface area contributed by atoms with Crippen LogP contribution in [0.5, 0.6) is 5.75 Å². The number of anilines is 2. The summed E-state index contributed by atoms with van der Waals surface area (Å²) < 4.78 is 6.76. The van der Waals surface area contributed by atoms with Gasteiger partial charge < -0.3 is 10.1 Å². The van der Waals surface area contributed by atoms with Gasteiger partial charge in [-0.1, -0.05) is 39.7 Å². The Morgan fingerprint density at radius 1 is 1.19 bits per heavy atom. The summed E-state index contributed by atoms with van der Waals surface area (Å²) in [5, 5.41) is 3.17. The van der Waals surface area contributed by atoms with Crippen molar-refractivity contribution >= 4 is 62.5 Å². The standard InChI is InChI=1S/C24H20BrClN2O3S/c1-15-3-2-4-18(11-15)27-22(29)13-31-21-10-5-16(25)12-20(21)24-28(23(30)14-32-24)19-8-6-17(26)7-9-19/h2-12,24H,13-14H2,1H3,(H,27,29)/t24-/m0/s1. The van der Waals surface area contributed by atoms with Gasteiger partial charge in [0.2, 0.25) is 5.91 Å². The summed E-state index contributed by atoms with van der Waals surface area (Å²) in [6, 6.07) is 20.3.